The van der Waals surface area contributed by atoms with E-state index >= 15 is 0 Å². The highest BCUT2D eigenvalue weighted by atomic mass is 19.1. The second kappa shape index (κ2) is 7.18. The number of nitro groups is 1. The van der Waals surface area contributed by atoms with Crippen molar-refractivity contribution >= 4 is 29.1 Å². The Bertz CT molecular complexity index is 792. The predicted octanol–water partition coefficient (Wildman–Crippen LogP) is 3.30. The van der Waals surface area contributed by atoms with Gasteiger partial charge >= 0.3 is 6.09 Å². The van der Waals surface area contributed by atoms with Crippen LogP contribution in [0.25, 0.3) is 0 Å². The van der Waals surface area contributed by atoms with E-state index in [1.807, 2.05) is 0 Å². The molecule has 0 atom stereocenters. The Hall–Kier alpha value is -3.49. The Morgan fingerprint density at radius 2 is 1.79 bits per heavy atom. The van der Waals surface area contributed by atoms with Gasteiger partial charge in [0, 0.05) is 12.6 Å². The van der Waals surface area contributed by atoms with Gasteiger partial charge in [-0.3, -0.25) is 20.2 Å². The van der Waals surface area contributed by atoms with Gasteiger partial charge in [0.05, 0.1) is 11.0 Å². The molecule has 0 bridgehead atoms. The minimum Gasteiger partial charge on any atom is -0.410 e. The van der Waals surface area contributed by atoms with E-state index in [1.165, 1.54) is 31.2 Å². The third-order valence-electron chi connectivity index (χ3n) is 2.78. The van der Waals surface area contributed by atoms with Crippen LogP contribution in [0.5, 0.6) is 5.75 Å². The molecule has 0 unspecified atom stereocenters. The summed E-state index contributed by atoms with van der Waals surface area (Å²) in [5.41, 5.74) is -0.265. The molecule has 0 aromatic heterocycles. The van der Waals surface area contributed by atoms with Crippen LogP contribution in [0.4, 0.5) is 26.2 Å². The van der Waals surface area contributed by atoms with Crippen molar-refractivity contribution in [2.24, 2.45) is 0 Å². The van der Waals surface area contributed by atoms with Gasteiger partial charge in [-0.05, 0) is 36.4 Å². The highest BCUT2D eigenvalue weighted by molar-refractivity contribution is 5.90. The molecule has 2 amide bonds. The Balaban J connectivity index is 2.06. The second-order valence-corrected chi connectivity index (χ2v) is 4.64. The van der Waals surface area contributed by atoms with Crippen molar-refractivity contribution in [3.63, 3.8) is 0 Å². The van der Waals surface area contributed by atoms with E-state index in [4.69, 9.17) is 4.74 Å². The number of rotatable bonds is 4. The number of hydrogen-bond acceptors (Lipinski definition) is 5. The lowest BCUT2D eigenvalue weighted by molar-refractivity contribution is -0.384. The van der Waals surface area contributed by atoms with Crippen LogP contribution in [0.3, 0.4) is 0 Å². The van der Waals surface area contributed by atoms with Gasteiger partial charge in [0.1, 0.15) is 17.3 Å². The molecule has 0 aliphatic carbocycles. The predicted molar refractivity (Wildman–Crippen MR) is 83.4 cm³/mol. The number of amides is 2. The van der Waals surface area contributed by atoms with Crippen molar-refractivity contribution in [1.82, 2.24) is 0 Å². The highest BCUT2D eigenvalue weighted by Gasteiger charge is 2.17. The van der Waals surface area contributed by atoms with Crippen molar-refractivity contribution in [3.05, 3.63) is 58.4 Å². The van der Waals surface area contributed by atoms with Gasteiger partial charge in [-0.15, -0.1) is 0 Å². The SMILES string of the molecule is CC(=O)Nc1ccc(OC(=O)Nc2ccc(F)cc2[N+](=O)[O-])cc1. The minimum absolute atomic E-state index is 0.159. The molecule has 0 spiro atoms. The van der Waals surface area contributed by atoms with Crippen LogP contribution in [-0.2, 0) is 4.79 Å². The first-order valence-corrected chi connectivity index (χ1v) is 6.65. The molecule has 0 radical (unpaired) electrons. The molecule has 124 valence electrons. The number of nitrogens with one attached hydrogen (secondary N) is 2. The van der Waals surface area contributed by atoms with Crippen LogP contribution in [0, 0.1) is 15.9 Å². The first-order chi connectivity index (χ1) is 11.3. The van der Waals surface area contributed by atoms with Crippen LogP contribution in [0.15, 0.2) is 42.5 Å². The molecule has 9 heteroatoms. The Morgan fingerprint density at radius 3 is 2.38 bits per heavy atom. The molecule has 2 aromatic carbocycles. The number of carbonyl (C=O) groups excluding carboxylic acids is 2. The maximum Gasteiger partial charge on any atom is 0.417 e. The molecule has 0 aliphatic rings. The number of hydrogen-bond donors (Lipinski definition) is 2. The van der Waals surface area contributed by atoms with Crippen molar-refractivity contribution in [2.45, 2.75) is 6.92 Å². The lowest BCUT2D eigenvalue weighted by Gasteiger charge is -2.08. The van der Waals surface area contributed by atoms with Gasteiger partial charge in [0.2, 0.25) is 5.91 Å². The highest BCUT2D eigenvalue weighted by Crippen LogP contribution is 2.25. The molecule has 2 N–H and O–H groups in total. The van der Waals surface area contributed by atoms with E-state index in [0.29, 0.717) is 11.8 Å². The van der Waals surface area contributed by atoms with Gasteiger partial charge in [-0.2, -0.15) is 0 Å². The fourth-order valence-corrected chi connectivity index (χ4v) is 1.81. The minimum atomic E-state index is -0.975. The number of carbonyl (C=O) groups is 2. The van der Waals surface area contributed by atoms with Crippen molar-refractivity contribution in [2.75, 3.05) is 10.6 Å². The zero-order valence-electron chi connectivity index (χ0n) is 12.4. The fraction of sp³-hybridized carbons (Fsp3) is 0.0667. The summed E-state index contributed by atoms with van der Waals surface area (Å²) in [7, 11) is 0. The average Bonchev–Trinajstić information content (AvgIpc) is 2.50. The van der Waals surface area contributed by atoms with Crippen LogP contribution >= 0.6 is 0 Å². The van der Waals surface area contributed by atoms with Crippen LogP contribution < -0.4 is 15.4 Å². The van der Waals surface area contributed by atoms with Gasteiger partial charge in [0.25, 0.3) is 5.69 Å². The quantitative estimate of drug-likeness (QED) is 0.659. The molecule has 0 saturated heterocycles. The lowest BCUT2D eigenvalue weighted by Crippen LogP contribution is -2.17. The first-order valence-electron chi connectivity index (χ1n) is 6.65. The smallest absolute Gasteiger partial charge is 0.410 e. The Labute approximate surface area is 135 Å². The van der Waals surface area contributed by atoms with Crippen molar-refractivity contribution in [3.8, 4) is 5.75 Å². The van der Waals surface area contributed by atoms with Crippen LogP contribution in [0.1, 0.15) is 6.92 Å². The van der Waals surface area contributed by atoms with Crippen molar-refractivity contribution in [1.29, 1.82) is 0 Å². The molecule has 2 aromatic rings. The van der Waals surface area contributed by atoms with Crippen LogP contribution in [0.2, 0.25) is 0 Å². The Morgan fingerprint density at radius 1 is 1.12 bits per heavy atom. The first kappa shape index (κ1) is 16.9. The normalized spacial score (nSPS) is 9.92. The van der Waals surface area contributed by atoms with Gasteiger partial charge in [-0.1, -0.05) is 0 Å². The van der Waals surface area contributed by atoms with Crippen molar-refractivity contribution < 1.29 is 23.6 Å². The number of ether oxygens (including phenoxy) is 1. The van der Waals surface area contributed by atoms with E-state index in [1.54, 1.807) is 0 Å². The maximum absolute atomic E-state index is 13.0. The number of nitro benzene ring substituents is 1. The molecular weight excluding hydrogens is 321 g/mol. The molecular formula is C15H12FN3O5. The molecule has 24 heavy (non-hydrogen) atoms. The monoisotopic (exact) mass is 333 g/mol. The Kier molecular flexibility index (Phi) is 5.05. The van der Waals surface area contributed by atoms with E-state index in [9.17, 15) is 24.1 Å². The summed E-state index contributed by atoms with van der Waals surface area (Å²) >= 11 is 0. The van der Waals surface area contributed by atoms with E-state index < -0.39 is 22.5 Å². The summed E-state index contributed by atoms with van der Waals surface area (Å²) in [6.07, 6.45) is -0.975. The summed E-state index contributed by atoms with van der Waals surface area (Å²) in [6.45, 7) is 1.35. The topological polar surface area (TPSA) is 111 Å². The maximum atomic E-state index is 13.0. The zero-order chi connectivity index (χ0) is 17.7. The largest absolute Gasteiger partial charge is 0.417 e. The standard InChI is InChI=1S/C15H12FN3O5/c1-9(20)17-11-3-5-12(6-4-11)24-15(21)18-13-7-2-10(16)8-14(13)19(22)23/h2-8H,1H3,(H,17,20)(H,18,21). The number of nitrogens with zero attached hydrogens (tertiary/aromatic N) is 1. The molecule has 0 heterocycles. The molecule has 0 saturated carbocycles. The van der Waals surface area contributed by atoms with Gasteiger partial charge in [-0.25, -0.2) is 9.18 Å². The fourth-order valence-electron chi connectivity index (χ4n) is 1.81. The van der Waals surface area contributed by atoms with Gasteiger partial charge < -0.3 is 10.1 Å². The molecule has 8 nitrogen and oxygen atoms in total. The summed E-state index contributed by atoms with van der Waals surface area (Å²) < 4.78 is 18.0. The summed E-state index contributed by atoms with van der Waals surface area (Å²) in [5, 5.41) is 15.6. The third-order valence-corrected chi connectivity index (χ3v) is 2.78. The molecule has 0 fully saturated rings. The van der Waals surface area contributed by atoms with E-state index in [-0.39, 0.29) is 17.3 Å². The summed E-state index contributed by atoms with van der Waals surface area (Å²) in [4.78, 5) is 32.7. The lowest BCUT2D eigenvalue weighted by atomic mass is 10.2. The van der Waals surface area contributed by atoms with Crippen LogP contribution in [-0.4, -0.2) is 16.9 Å². The summed E-state index contributed by atoms with van der Waals surface area (Å²) in [6, 6.07) is 8.64. The van der Waals surface area contributed by atoms with E-state index in [0.717, 1.165) is 12.1 Å². The molecule has 0 aliphatic heterocycles. The average molecular weight is 333 g/mol. The van der Waals surface area contributed by atoms with E-state index in [2.05, 4.69) is 10.6 Å². The second-order valence-electron chi connectivity index (χ2n) is 4.64. The van der Waals surface area contributed by atoms with Gasteiger partial charge in [0.15, 0.2) is 0 Å². The number of benzene rings is 2. The molecule has 2 rings (SSSR count). The summed E-state index contributed by atoms with van der Waals surface area (Å²) in [5.74, 6) is -0.884. The zero-order valence-corrected chi connectivity index (χ0v) is 12.4. The third kappa shape index (κ3) is 4.50. The number of anilines is 2. The number of halogens is 1.